The van der Waals surface area contributed by atoms with E-state index in [0.717, 1.165) is 48.1 Å². The monoisotopic (exact) mass is 1170 g/mol. The number of piperazine rings is 1. The molecule has 3 fully saturated rings. The van der Waals surface area contributed by atoms with Crippen LogP contribution in [0, 0.1) is 24.6 Å². The number of sulfone groups is 2. The van der Waals surface area contributed by atoms with Crippen LogP contribution in [0.4, 0.5) is 34.6 Å². The second-order valence-electron chi connectivity index (χ2n) is 20.7. The molecular weight excluding hydrogens is 1110 g/mol. The van der Waals surface area contributed by atoms with Crippen molar-refractivity contribution in [2.75, 3.05) is 92.1 Å². The van der Waals surface area contributed by atoms with Gasteiger partial charge in [0, 0.05) is 89.1 Å². The van der Waals surface area contributed by atoms with E-state index in [9.17, 15) is 35.1 Å². The largest absolute Gasteiger partial charge is 0.501 e. The molecule has 0 spiro atoms. The zero-order chi connectivity index (χ0) is 55.7. The first-order valence-electron chi connectivity index (χ1n) is 26.2. The number of hydrogen-bond donors (Lipinski definition) is 1. The molecule has 0 unspecified atom stereocenters. The van der Waals surface area contributed by atoms with Gasteiger partial charge in [0.05, 0.1) is 33.9 Å². The summed E-state index contributed by atoms with van der Waals surface area (Å²) in [7, 11) is -13.8. The van der Waals surface area contributed by atoms with Crippen LogP contribution in [0.25, 0.3) is 22.4 Å². The quantitative estimate of drug-likeness (QED) is 0.0499. The number of halogens is 5. The fraction of sp³-hybridized carbons (Fsp3) is 0.404. The zero-order valence-electron chi connectivity index (χ0n) is 44.0. The molecule has 1 aromatic heterocycles. The highest BCUT2D eigenvalue weighted by Crippen LogP contribution is 2.56. The fourth-order valence-corrected chi connectivity index (χ4v) is 16.9. The van der Waals surface area contributed by atoms with Crippen LogP contribution >= 0.6 is 30.9 Å². The third-order valence-corrected chi connectivity index (χ3v) is 22.0. The minimum absolute atomic E-state index is 0.00541. The van der Waals surface area contributed by atoms with Gasteiger partial charge in [-0.2, -0.15) is 13.2 Å². The Morgan fingerprint density at radius 2 is 1.44 bits per heavy atom. The van der Waals surface area contributed by atoms with Crippen LogP contribution in [-0.2, 0) is 35.2 Å². The summed E-state index contributed by atoms with van der Waals surface area (Å²) in [6.07, 6.45) is 3.50. The molecule has 5 aromatic carbocycles. The Labute approximate surface area is 464 Å². The highest BCUT2D eigenvalue weighted by molar-refractivity contribution is 7.99. The lowest BCUT2D eigenvalue weighted by atomic mass is 9.95. The first-order valence-corrected chi connectivity index (χ1v) is 32.5. The van der Waals surface area contributed by atoms with Crippen molar-refractivity contribution in [3.05, 3.63) is 137 Å². The summed E-state index contributed by atoms with van der Waals surface area (Å²) in [5.74, 6) is 0.0331. The molecule has 0 amide bonds. The number of benzene rings is 5. The number of aliphatic hydroxyl groups is 1. The Balaban J connectivity index is 0.935. The van der Waals surface area contributed by atoms with Crippen molar-refractivity contribution in [1.29, 1.82) is 0 Å². The predicted octanol–water partition coefficient (Wildman–Crippen LogP) is 11.9. The molecule has 0 saturated carbocycles. The van der Waals surface area contributed by atoms with Gasteiger partial charge in [-0.1, -0.05) is 48.0 Å². The molecule has 3 aliphatic rings. The summed E-state index contributed by atoms with van der Waals surface area (Å²) in [6, 6.07) is 32.2. The van der Waals surface area contributed by atoms with Crippen LogP contribution in [0.3, 0.4) is 0 Å². The highest BCUT2D eigenvalue weighted by Gasteiger charge is 2.49. The number of nitrogens with zero attached hydrogens (tertiary/aromatic N) is 5. The second-order valence-corrected chi connectivity index (χ2v) is 28.4. The van der Waals surface area contributed by atoms with E-state index in [4.69, 9.17) is 16.1 Å². The number of thioether (sulfide) groups is 1. The topological polar surface area (TPSA) is 133 Å². The normalized spacial score (nSPS) is 18.6. The van der Waals surface area contributed by atoms with Gasteiger partial charge in [-0.05, 0) is 173 Å². The fourth-order valence-electron chi connectivity index (χ4n) is 11.2. The number of rotatable bonds is 18. The van der Waals surface area contributed by atoms with Crippen molar-refractivity contribution >= 4 is 72.9 Å². The van der Waals surface area contributed by atoms with Gasteiger partial charge in [-0.25, -0.2) is 21.2 Å². The van der Waals surface area contributed by atoms with Gasteiger partial charge in [0.1, 0.15) is 5.82 Å². The van der Waals surface area contributed by atoms with E-state index in [1.54, 1.807) is 43.0 Å². The van der Waals surface area contributed by atoms with Crippen molar-refractivity contribution in [2.45, 2.75) is 72.7 Å². The summed E-state index contributed by atoms with van der Waals surface area (Å²) < 4.78 is 138. The van der Waals surface area contributed by atoms with Crippen LogP contribution in [0.15, 0.2) is 130 Å². The van der Waals surface area contributed by atoms with E-state index in [-0.39, 0.29) is 59.8 Å². The lowest BCUT2D eigenvalue weighted by Gasteiger charge is -2.37. The Hall–Kier alpha value is -4.85. The van der Waals surface area contributed by atoms with E-state index >= 15 is 8.96 Å². The molecule has 0 radical (unpaired) electrons. The molecule has 3 saturated heterocycles. The van der Waals surface area contributed by atoms with E-state index < -0.39 is 43.4 Å². The summed E-state index contributed by atoms with van der Waals surface area (Å²) >= 11 is 7.83. The first-order chi connectivity index (χ1) is 37.0. The summed E-state index contributed by atoms with van der Waals surface area (Å²) in [4.78, 5) is 6.66. The summed E-state index contributed by atoms with van der Waals surface area (Å²) in [5.41, 5.74) is -0.961. The minimum Gasteiger partial charge on any atom is -0.396 e. The Kier molecular flexibility index (Phi) is 17.6. The second kappa shape index (κ2) is 23.7. The summed E-state index contributed by atoms with van der Waals surface area (Å²) in [6.45, 7) is 10.3. The molecule has 12 nitrogen and oxygen atoms in total. The standard InChI is InChI=1S/C57H65ClF4N5O7PS3/c1-39(2)67-40(3)56(77(4,70)71)54(55(67)43-10-13-46(58)14-11-43)45-33-47(59)35-50(34-45)65-28-26-64(27-29-65)48-15-17-49(18-16-48)66-30-31-74-75(66,69)51-19-12-44(53(36-51)78(72,73)57(60,61)62)32-42(38-76-52-8-6-5-7-9-52)22-25-63-23-20-41(37-68)21-24-63/h5-19,33-36,39,41-42,68H,20-32,37-38H2,1-4H3/t42-,75+/m0/s1. The molecule has 418 valence electrons. The third-order valence-electron chi connectivity index (χ3n) is 15.1. The van der Waals surface area contributed by atoms with Gasteiger partial charge in [-0.15, -0.1) is 11.8 Å². The number of aromatic nitrogens is 1. The number of aliphatic hydroxyl groups excluding tert-OH is 1. The van der Waals surface area contributed by atoms with E-state index in [1.807, 2.05) is 79.1 Å². The van der Waals surface area contributed by atoms with E-state index in [1.165, 1.54) is 35.2 Å². The van der Waals surface area contributed by atoms with Crippen LogP contribution < -0.4 is 19.8 Å². The Morgan fingerprint density at radius 1 is 0.795 bits per heavy atom. The van der Waals surface area contributed by atoms with Crippen LogP contribution in [-0.4, -0.2) is 114 Å². The molecule has 4 heterocycles. The van der Waals surface area contributed by atoms with Gasteiger partial charge in [0.15, 0.2) is 9.84 Å². The maximum atomic E-state index is 15.9. The molecule has 0 aliphatic carbocycles. The van der Waals surface area contributed by atoms with Crippen LogP contribution in [0.5, 0.6) is 0 Å². The molecule has 9 rings (SSSR count). The van der Waals surface area contributed by atoms with Gasteiger partial charge in [-0.3, -0.25) is 9.24 Å². The number of likely N-dealkylation sites (tertiary alicyclic amines) is 1. The Bertz CT molecular complexity index is 3370. The Morgan fingerprint density at radius 3 is 2.05 bits per heavy atom. The molecule has 1 N–H and O–H groups in total. The van der Waals surface area contributed by atoms with Crippen molar-refractivity contribution in [3.8, 4) is 22.4 Å². The summed E-state index contributed by atoms with van der Waals surface area (Å²) in [5, 5.41) is 10.0. The SMILES string of the molecule is Cc1c(S(C)(=O)=O)c(-c2cc(F)cc(N3CCN(c4ccc(N5CCO[P@]5(=O)c5ccc(C[C@H](CCN6CCC(CO)CC6)CSc6ccccc6)c(S(=O)(=O)C(F)(F)F)c5)cc4)CC3)c2)c(-c2ccc(Cl)cc2)n1C(C)C. The molecule has 3 aliphatic heterocycles. The number of anilines is 3. The van der Waals surface area contributed by atoms with E-state index in [2.05, 4.69) is 14.7 Å². The van der Waals surface area contributed by atoms with Crippen LogP contribution in [0.2, 0.25) is 5.02 Å². The van der Waals surface area contributed by atoms with E-state index in [0.29, 0.717) is 83.8 Å². The average Bonchev–Trinajstić information content (AvgIpc) is 4.11. The maximum absolute atomic E-state index is 15.9. The van der Waals surface area contributed by atoms with Crippen molar-refractivity contribution in [1.82, 2.24) is 9.47 Å². The van der Waals surface area contributed by atoms with Gasteiger partial charge in [0.25, 0.3) is 9.84 Å². The maximum Gasteiger partial charge on any atom is 0.501 e. The van der Waals surface area contributed by atoms with Gasteiger partial charge >= 0.3 is 13.0 Å². The number of piperidine rings is 1. The number of alkyl halides is 3. The third kappa shape index (κ3) is 12.4. The van der Waals surface area contributed by atoms with Crippen molar-refractivity contribution in [2.24, 2.45) is 11.8 Å². The molecular formula is C57H65ClF4N5O7PS3. The lowest BCUT2D eigenvalue weighted by molar-refractivity contribution is -0.0436. The smallest absolute Gasteiger partial charge is 0.396 e. The molecule has 78 heavy (non-hydrogen) atoms. The minimum atomic E-state index is -5.90. The first kappa shape index (κ1) is 57.8. The lowest BCUT2D eigenvalue weighted by Crippen LogP contribution is -2.46. The van der Waals surface area contributed by atoms with Gasteiger partial charge < -0.3 is 28.9 Å². The van der Waals surface area contributed by atoms with Gasteiger partial charge in [0.2, 0.25) is 0 Å². The number of hydrogen-bond acceptors (Lipinski definition) is 11. The predicted molar refractivity (Wildman–Crippen MR) is 305 cm³/mol. The van der Waals surface area contributed by atoms with Crippen molar-refractivity contribution in [3.63, 3.8) is 0 Å². The molecule has 0 bridgehead atoms. The van der Waals surface area contributed by atoms with Crippen LogP contribution in [0.1, 0.15) is 50.4 Å². The molecule has 6 aromatic rings. The molecule has 21 heteroatoms. The average molecular weight is 1170 g/mol. The zero-order valence-corrected chi connectivity index (χ0v) is 48.1. The van der Waals surface area contributed by atoms with Crippen molar-refractivity contribution < 1.29 is 48.6 Å². The highest BCUT2D eigenvalue weighted by atomic mass is 35.5. The molecule has 2 atom stereocenters.